The first-order valence-corrected chi connectivity index (χ1v) is 7.71. The summed E-state index contributed by atoms with van der Waals surface area (Å²) in [4.78, 5) is 24.2. The molecule has 1 aromatic carbocycles. The first kappa shape index (κ1) is 14.1. The number of thiophene rings is 1. The van der Waals surface area contributed by atoms with Crippen molar-refractivity contribution < 1.29 is 19.1 Å². The van der Waals surface area contributed by atoms with Gasteiger partial charge in [-0.1, -0.05) is 0 Å². The molecule has 0 spiro atoms. The molecule has 0 unspecified atom stereocenters. The van der Waals surface area contributed by atoms with Crippen molar-refractivity contribution in [1.82, 2.24) is 0 Å². The van der Waals surface area contributed by atoms with Gasteiger partial charge in [0.1, 0.15) is 17.3 Å². The minimum Gasteiger partial charge on any atom is -0.495 e. The molecule has 21 heavy (non-hydrogen) atoms. The highest BCUT2D eigenvalue weighted by Crippen LogP contribution is 2.41. The van der Waals surface area contributed by atoms with Crippen molar-refractivity contribution in [3.8, 4) is 11.5 Å². The summed E-state index contributed by atoms with van der Waals surface area (Å²) in [5.41, 5.74) is 0.454. The molecule has 0 aliphatic heterocycles. The maximum atomic E-state index is 12.4. The van der Waals surface area contributed by atoms with Crippen LogP contribution in [-0.4, -0.2) is 25.8 Å². The van der Waals surface area contributed by atoms with Crippen LogP contribution in [0, 0.1) is 5.92 Å². The molecule has 0 bridgehead atoms. The highest BCUT2D eigenvalue weighted by Gasteiger charge is 2.31. The molecular weight excluding hydrogens is 288 g/mol. The first-order chi connectivity index (χ1) is 10.2. The predicted octanol–water partition coefficient (Wildman–Crippen LogP) is 3.47. The van der Waals surface area contributed by atoms with Crippen molar-refractivity contribution in [2.45, 2.75) is 19.3 Å². The van der Waals surface area contributed by atoms with Crippen LogP contribution >= 0.6 is 11.3 Å². The lowest BCUT2D eigenvalue weighted by Crippen LogP contribution is -2.10. The predicted molar refractivity (Wildman–Crippen MR) is 81.6 cm³/mol. The van der Waals surface area contributed by atoms with E-state index in [0.717, 1.165) is 22.9 Å². The lowest BCUT2D eigenvalue weighted by atomic mass is 10.0. The van der Waals surface area contributed by atoms with Gasteiger partial charge < -0.3 is 9.47 Å². The van der Waals surface area contributed by atoms with Gasteiger partial charge in [-0.15, -0.1) is 11.3 Å². The second kappa shape index (κ2) is 5.48. The molecule has 1 heterocycles. The van der Waals surface area contributed by atoms with Crippen molar-refractivity contribution in [2.75, 3.05) is 14.2 Å². The summed E-state index contributed by atoms with van der Waals surface area (Å²) >= 11 is 1.53. The third-order valence-electron chi connectivity index (χ3n) is 3.75. The van der Waals surface area contributed by atoms with Gasteiger partial charge in [0.25, 0.3) is 0 Å². The van der Waals surface area contributed by atoms with E-state index in [2.05, 4.69) is 0 Å². The summed E-state index contributed by atoms with van der Waals surface area (Å²) in [7, 11) is 3.12. The molecule has 1 saturated carbocycles. The quantitative estimate of drug-likeness (QED) is 0.605. The van der Waals surface area contributed by atoms with E-state index < -0.39 is 0 Å². The molecule has 0 saturated heterocycles. The maximum absolute atomic E-state index is 12.4. The normalized spacial score (nSPS) is 14.2. The van der Waals surface area contributed by atoms with Crippen molar-refractivity contribution in [3.63, 3.8) is 0 Å². The van der Waals surface area contributed by atoms with Crippen LogP contribution in [0.5, 0.6) is 11.5 Å². The number of hydrogen-bond acceptors (Lipinski definition) is 5. The fourth-order valence-corrected chi connectivity index (χ4v) is 3.36. The molecule has 0 amide bonds. The summed E-state index contributed by atoms with van der Waals surface area (Å²) < 4.78 is 11.8. The maximum Gasteiger partial charge on any atom is 0.173 e. The number of carbonyl (C=O) groups is 2. The van der Waals surface area contributed by atoms with Crippen LogP contribution < -0.4 is 9.47 Å². The van der Waals surface area contributed by atoms with Crippen molar-refractivity contribution in [1.29, 1.82) is 0 Å². The number of fused-ring (bicyclic) bond motifs is 1. The minimum absolute atomic E-state index is 0.0411. The number of ketones is 2. The fraction of sp³-hybridized carbons (Fsp3) is 0.375. The van der Waals surface area contributed by atoms with Crippen molar-refractivity contribution in [3.05, 3.63) is 23.1 Å². The Morgan fingerprint density at radius 1 is 1.24 bits per heavy atom. The molecule has 0 radical (unpaired) electrons. The van der Waals surface area contributed by atoms with Gasteiger partial charge in [-0.05, 0) is 25.0 Å². The van der Waals surface area contributed by atoms with Crippen LogP contribution in [0.15, 0.2) is 17.5 Å². The highest BCUT2D eigenvalue weighted by molar-refractivity contribution is 7.17. The van der Waals surface area contributed by atoms with E-state index in [1.165, 1.54) is 18.4 Å². The van der Waals surface area contributed by atoms with E-state index in [0.29, 0.717) is 17.1 Å². The molecule has 3 rings (SSSR count). The van der Waals surface area contributed by atoms with Gasteiger partial charge in [0.2, 0.25) is 0 Å². The van der Waals surface area contributed by atoms with Gasteiger partial charge in [0.15, 0.2) is 5.78 Å². The van der Waals surface area contributed by atoms with E-state index in [-0.39, 0.29) is 23.9 Å². The number of methoxy groups -OCH3 is 2. The molecule has 1 fully saturated rings. The van der Waals surface area contributed by atoms with Crippen LogP contribution in [0.25, 0.3) is 10.1 Å². The van der Waals surface area contributed by atoms with E-state index in [1.54, 1.807) is 13.2 Å². The fourth-order valence-electron chi connectivity index (χ4n) is 2.46. The number of Topliss-reactive ketones (excluding diaryl/α,β-unsaturated/α-hetero) is 2. The summed E-state index contributed by atoms with van der Waals surface area (Å²) in [5.74, 6) is 1.15. The summed E-state index contributed by atoms with van der Waals surface area (Å²) in [6.45, 7) is 0. The van der Waals surface area contributed by atoms with Gasteiger partial charge in [0.05, 0.1) is 31.6 Å². The average Bonchev–Trinajstić information content (AvgIpc) is 3.26. The van der Waals surface area contributed by atoms with Crippen molar-refractivity contribution in [2.24, 2.45) is 5.92 Å². The second-order valence-corrected chi connectivity index (χ2v) is 6.08. The van der Waals surface area contributed by atoms with Crippen molar-refractivity contribution >= 4 is 33.0 Å². The Hall–Kier alpha value is -1.88. The number of rotatable bonds is 6. The Balaban J connectivity index is 2.00. The Kier molecular flexibility index (Phi) is 3.68. The number of ether oxygens (including phenoxy) is 2. The highest BCUT2D eigenvalue weighted by atomic mass is 32.1. The zero-order chi connectivity index (χ0) is 15.0. The molecule has 0 atom stereocenters. The lowest BCUT2D eigenvalue weighted by Gasteiger charge is -2.10. The van der Waals surface area contributed by atoms with Crippen LogP contribution in [0.1, 0.15) is 29.6 Å². The zero-order valence-corrected chi connectivity index (χ0v) is 12.8. The molecule has 1 aromatic heterocycles. The Labute approximate surface area is 126 Å². The molecule has 5 heteroatoms. The van der Waals surface area contributed by atoms with E-state index in [9.17, 15) is 9.59 Å². The lowest BCUT2D eigenvalue weighted by molar-refractivity contribution is -0.119. The van der Waals surface area contributed by atoms with Crippen LogP contribution in [0.2, 0.25) is 0 Å². The monoisotopic (exact) mass is 304 g/mol. The number of benzene rings is 1. The van der Waals surface area contributed by atoms with Crippen LogP contribution in [0.4, 0.5) is 0 Å². The summed E-state index contributed by atoms with van der Waals surface area (Å²) in [6.07, 6.45) is 1.79. The minimum atomic E-state index is -0.182. The zero-order valence-electron chi connectivity index (χ0n) is 12.0. The van der Waals surface area contributed by atoms with Gasteiger partial charge in [-0.3, -0.25) is 9.59 Å². The molecule has 1 aliphatic rings. The molecular formula is C16H16O4S. The smallest absolute Gasteiger partial charge is 0.173 e. The van der Waals surface area contributed by atoms with E-state index >= 15 is 0 Å². The Morgan fingerprint density at radius 2 is 2.00 bits per heavy atom. The molecule has 4 nitrogen and oxygen atoms in total. The van der Waals surface area contributed by atoms with Crippen LogP contribution in [-0.2, 0) is 4.79 Å². The largest absolute Gasteiger partial charge is 0.495 e. The molecule has 2 aromatic rings. The SMILES string of the molecule is COc1csc2ccc(C(=O)CC(=O)C3CC3)c(OC)c12. The van der Waals surface area contributed by atoms with E-state index in [1.807, 2.05) is 11.4 Å². The Bertz CT molecular complexity index is 712. The first-order valence-electron chi connectivity index (χ1n) is 6.83. The molecule has 110 valence electrons. The van der Waals surface area contributed by atoms with Gasteiger partial charge in [-0.2, -0.15) is 0 Å². The molecule has 1 aliphatic carbocycles. The average molecular weight is 304 g/mol. The van der Waals surface area contributed by atoms with Crippen LogP contribution in [0.3, 0.4) is 0 Å². The summed E-state index contributed by atoms with van der Waals surface area (Å²) in [5, 5.41) is 2.69. The topological polar surface area (TPSA) is 52.6 Å². The third-order valence-corrected chi connectivity index (χ3v) is 4.68. The standard InChI is InChI=1S/C16H16O4S/c1-19-13-8-21-14-6-5-10(16(20-2)15(13)14)12(18)7-11(17)9-3-4-9/h5-6,8-9H,3-4,7H2,1-2H3. The van der Waals surface area contributed by atoms with Gasteiger partial charge in [0, 0.05) is 16.0 Å². The van der Waals surface area contributed by atoms with E-state index in [4.69, 9.17) is 9.47 Å². The molecule has 0 N–H and O–H groups in total. The third kappa shape index (κ3) is 2.53. The second-order valence-electron chi connectivity index (χ2n) is 5.16. The number of carbonyl (C=O) groups excluding carboxylic acids is 2. The summed E-state index contributed by atoms with van der Waals surface area (Å²) in [6, 6.07) is 3.61. The Morgan fingerprint density at radius 3 is 2.62 bits per heavy atom. The van der Waals surface area contributed by atoms with Gasteiger partial charge >= 0.3 is 0 Å². The number of hydrogen-bond donors (Lipinski definition) is 0. The van der Waals surface area contributed by atoms with Gasteiger partial charge in [-0.25, -0.2) is 0 Å².